The van der Waals surface area contributed by atoms with Crippen molar-refractivity contribution in [3.63, 3.8) is 0 Å². The van der Waals surface area contributed by atoms with Crippen LogP contribution in [0.15, 0.2) is 82.1 Å². The average Bonchev–Trinajstić information content (AvgIpc) is 3.33. The van der Waals surface area contributed by atoms with Gasteiger partial charge in [-0.3, -0.25) is 9.36 Å². The summed E-state index contributed by atoms with van der Waals surface area (Å²) < 4.78 is 19.7. The van der Waals surface area contributed by atoms with Crippen molar-refractivity contribution in [2.45, 2.75) is 0 Å². The molecule has 5 nitrogen and oxygen atoms in total. The van der Waals surface area contributed by atoms with Crippen molar-refractivity contribution in [3.05, 3.63) is 106 Å². The van der Waals surface area contributed by atoms with Gasteiger partial charge in [0.15, 0.2) is 16.8 Å². The molecule has 144 valence electrons. The highest BCUT2D eigenvalue weighted by molar-refractivity contribution is 6.28. The fraction of sp³-hybridized carbons (Fsp3) is 0. The Kier molecular flexibility index (Phi) is 5.01. The Balaban J connectivity index is 1.60. The molecular formula is C22H14ClFN2O3. The molecule has 2 aromatic carbocycles. The van der Waals surface area contributed by atoms with Crippen molar-refractivity contribution < 1.29 is 13.6 Å². The largest absolute Gasteiger partial charge is 0.443 e. The van der Waals surface area contributed by atoms with Crippen molar-refractivity contribution in [2.24, 2.45) is 0 Å². The first kappa shape index (κ1) is 18.7. The Labute approximate surface area is 169 Å². The number of H-pyrrole nitrogens is 1. The molecule has 0 atom stereocenters. The van der Waals surface area contributed by atoms with Gasteiger partial charge in [0, 0.05) is 11.8 Å². The first-order chi connectivity index (χ1) is 14.0. The predicted octanol–water partition coefficient (Wildman–Crippen LogP) is 5.11. The van der Waals surface area contributed by atoms with Crippen LogP contribution in [0.5, 0.6) is 0 Å². The van der Waals surface area contributed by atoms with Gasteiger partial charge in [-0.05, 0) is 59.6 Å². The number of hydrogen-bond donors (Lipinski definition) is 1. The van der Waals surface area contributed by atoms with Gasteiger partial charge < -0.3 is 9.40 Å². The van der Waals surface area contributed by atoms with Gasteiger partial charge in [0.25, 0.3) is 0 Å². The first-order valence-electron chi connectivity index (χ1n) is 8.65. The van der Waals surface area contributed by atoms with E-state index in [2.05, 4.69) is 4.98 Å². The summed E-state index contributed by atoms with van der Waals surface area (Å²) in [5, 5.41) is 0.217. The standard InChI is InChI=1S/C22H14ClFN2O3/c23-21-11-10-20(29-21)18-13-26(22(28)25-18)17-3-1-2-15(12-17)19(27)9-6-14-4-7-16(24)8-5-14/h1-13H,(H,25,28). The van der Waals surface area contributed by atoms with Crippen molar-refractivity contribution >= 4 is 23.5 Å². The highest BCUT2D eigenvalue weighted by Crippen LogP contribution is 2.23. The second-order valence-corrected chi connectivity index (χ2v) is 6.62. The Hall–Kier alpha value is -3.64. The van der Waals surface area contributed by atoms with Crippen LogP contribution in [0.1, 0.15) is 15.9 Å². The SMILES string of the molecule is O=C(C=Cc1ccc(F)cc1)c1cccc(-n2cc(-c3ccc(Cl)o3)[nH]c2=O)c1. The number of aromatic amines is 1. The molecule has 2 heterocycles. The number of carbonyl (C=O) groups is 1. The van der Waals surface area contributed by atoms with Crippen LogP contribution >= 0.6 is 11.6 Å². The molecule has 2 aromatic heterocycles. The maximum Gasteiger partial charge on any atom is 0.330 e. The molecule has 0 spiro atoms. The zero-order chi connectivity index (χ0) is 20.4. The van der Waals surface area contributed by atoms with E-state index in [0.29, 0.717) is 28.3 Å². The monoisotopic (exact) mass is 408 g/mol. The van der Waals surface area contributed by atoms with E-state index in [-0.39, 0.29) is 22.5 Å². The summed E-state index contributed by atoms with van der Waals surface area (Å²) in [7, 11) is 0. The van der Waals surface area contributed by atoms with E-state index in [1.54, 1.807) is 60.8 Å². The third kappa shape index (κ3) is 4.12. The molecule has 0 aliphatic carbocycles. The number of furan rings is 1. The smallest absolute Gasteiger partial charge is 0.330 e. The van der Waals surface area contributed by atoms with E-state index in [0.717, 1.165) is 0 Å². The zero-order valence-corrected chi connectivity index (χ0v) is 15.7. The average molecular weight is 409 g/mol. The van der Waals surface area contributed by atoms with Crippen LogP contribution in [-0.2, 0) is 0 Å². The lowest BCUT2D eigenvalue weighted by atomic mass is 10.1. The van der Waals surface area contributed by atoms with Gasteiger partial charge in [-0.1, -0.05) is 30.3 Å². The number of carbonyl (C=O) groups excluding carboxylic acids is 1. The molecule has 1 N–H and O–H groups in total. The summed E-state index contributed by atoms with van der Waals surface area (Å²) in [5.41, 5.74) is 1.74. The maximum atomic E-state index is 13.0. The molecule has 0 saturated carbocycles. The molecule has 0 bridgehead atoms. The summed E-state index contributed by atoms with van der Waals surface area (Å²) in [4.78, 5) is 27.5. The van der Waals surface area contributed by atoms with Gasteiger partial charge in [-0.2, -0.15) is 0 Å². The topological polar surface area (TPSA) is 68.0 Å². The molecule has 0 radical (unpaired) electrons. The van der Waals surface area contributed by atoms with E-state index >= 15 is 0 Å². The summed E-state index contributed by atoms with van der Waals surface area (Å²) >= 11 is 5.78. The van der Waals surface area contributed by atoms with Gasteiger partial charge in [0.2, 0.25) is 0 Å². The number of benzene rings is 2. The summed E-state index contributed by atoms with van der Waals surface area (Å²) in [6, 6.07) is 15.7. The molecule has 4 aromatic rings. The number of rotatable bonds is 5. The van der Waals surface area contributed by atoms with Crippen LogP contribution in [0.4, 0.5) is 4.39 Å². The van der Waals surface area contributed by atoms with E-state index < -0.39 is 0 Å². The Morgan fingerprint density at radius 1 is 1.10 bits per heavy atom. The lowest BCUT2D eigenvalue weighted by molar-refractivity contribution is 0.104. The summed E-state index contributed by atoms with van der Waals surface area (Å²) in [6.45, 7) is 0. The van der Waals surface area contributed by atoms with Gasteiger partial charge in [0.1, 0.15) is 11.5 Å². The molecule has 0 saturated heterocycles. The second-order valence-electron chi connectivity index (χ2n) is 6.25. The third-order valence-electron chi connectivity index (χ3n) is 4.26. The molecular weight excluding hydrogens is 395 g/mol. The molecule has 0 aliphatic rings. The van der Waals surface area contributed by atoms with Crippen molar-refractivity contribution in [1.29, 1.82) is 0 Å². The number of hydrogen-bond acceptors (Lipinski definition) is 3. The third-order valence-corrected chi connectivity index (χ3v) is 4.47. The molecule has 4 rings (SSSR count). The predicted molar refractivity (Wildman–Crippen MR) is 109 cm³/mol. The minimum atomic E-state index is -0.376. The van der Waals surface area contributed by atoms with Crippen LogP contribution < -0.4 is 5.69 Å². The molecule has 0 unspecified atom stereocenters. The number of imidazole rings is 1. The Morgan fingerprint density at radius 3 is 2.62 bits per heavy atom. The zero-order valence-electron chi connectivity index (χ0n) is 14.9. The van der Waals surface area contributed by atoms with Crippen LogP contribution in [0.25, 0.3) is 23.2 Å². The van der Waals surface area contributed by atoms with Crippen LogP contribution in [0.2, 0.25) is 5.22 Å². The lowest BCUT2D eigenvalue weighted by Crippen LogP contribution is -2.14. The summed E-state index contributed by atoms with van der Waals surface area (Å²) in [5.74, 6) is -0.146. The Bertz CT molecular complexity index is 1270. The number of halogens is 2. The number of nitrogens with one attached hydrogen (secondary N) is 1. The minimum Gasteiger partial charge on any atom is -0.443 e. The van der Waals surface area contributed by atoms with Crippen LogP contribution in [0, 0.1) is 5.82 Å². The van der Waals surface area contributed by atoms with E-state index in [1.807, 2.05) is 0 Å². The number of ketones is 1. The molecule has 0 fully saturated rings. The fourth-order valence-electron chi connectivity index (χ4n) is 2.82. The minimum absolute atomic E-state index is 0.217. The number of nitrogens with zero attached hydrogens (tertiary/aromatic N) is 1. The highest BCUT2D eigenvalue weighted by atomic mass is 35.5. The van der Waals surface area contributed by atoms with E-state index in [9.17, 15) is 14.0 Å². The normalized spacial score (nSPS) is 11.2. The molecule has 7 heteroatoms. The number of aromatic nitrogens is 2. The van der Waals surface area contributed by atoms with E-state index in [1.165, 1.54) is 22.8 Å². The van der Waals surface area contributed by atoms with Crippen molar-refractivity contribution in [1.82, 2.24) is 9.55 Å². The van der Waals surface area contributed by atoms with Crippen molar-refractivity contribution in [2.75, 3.05) is 0 Å². The fourth-order valence-corrected chi connectivity index (χ4v) is 2.97. The van der Waals surface area contributed by atoms with Crippen molar-refractivity contribution in [3.8, 4) is 17.1 Å². The van der Waals surface area contributed by atoms with Gasteiger partial charge in [-0.25, -0.2) is 9.18 Å². The lowest BCUT2D eigenvalue weighted by Gasteiger charge is -2.03. The number of allylic oxidation sites excluding steroid dienone is 1. The van der Waals surface area contributed by atoms with Crippen LogP contribution in [0.3, 0.4) is 0 Å². The second kappa shape index (κ2) is 7.77. The van der Waals surface area contributed by atoms with Gasteiger partial charge >= 0.3 is 5.69 Å². The van der Waals surface area contributed by atoms with Crippen LogP contribution in [-0.4, -0.2) is 15.3 Å². The van der Waals surface area contributed by atoms with Gasteiger partial charge in [-0.15, -0.1) is 0 Å². The van der Waals surface area contributed by atoms with E-state index in [4.69, 9.17) is 16.0 Å². The summed E-state index contributed by atoms with van der Waals surface area (Å²) in [6.07, 6.45) is 4.59. The Morgan fingerprint density at radius 2 is 1.90 bits per heavy atom. The molecule has 29 heavy (non-hydrogen) atoms. The highest BCUT2D eigenvalue weighted by Gasteiger charge is 2.11. The molecule has 0 amide bonds. The van der Waals surface area contributed by atoms with Gasteiger partial charge in [0.05, 0.1) is 5.69 Å². The maximum absolute atomic E-state index is 13.0. The quantitative estimate of drug-likeness (QED) is 0.368. The first-order valence-corrected chi connectivity index (χ1v) is 9.03. The molecule has 0 aliphatic heterocycles.